The van der Waals surface area contributed by atoms with Crippen LogP contribution in [0.1, 0.15) is 12.5 Å². The molecule has 2 N–H and O–H groups in total. The van der Waals surface area contributed by atoms with Crippen molar-refractivity contribution in [3.05, 3.63) is 35.9 Å². The van der Waals surface area contributed by atoms with E-state index in [2.05, 4.69) is 0 Å². The predicted molar refractivity (Wildman–Crippen MR) is 67.5 cm³/mol. The van der Waals surface area contributed by atoms with Crippen LogP contribution < -0.4 is 4.74 Å². The van der Waals surface area contributed by atoms with E-state index in [0.717, 1.165) is 22.1 Å². The van der Waals surface area contributed by atoms with Crippen LogP contribution in [0.15, 0.2) is 30.3 Å². The molecule has 0 spiro atoms. The Bertz CT molecular complexity index is 532. The summed E-state index contributed by atoms with van der Waals surface area (Å²) >= 11 is 0. The molecule has 17 heavy (non-hydrogen) atoms. The Hall–Kier alpha value is -1.74. The van der Waals surface area contributed by atoms with Crippen LogP contribution in [0.5, 0.6) is 11.5 Å². The number of hydrogen-bond donors (Lipinski definition) is 2. The Morgan fingerprint density at radius 2 is 1.94 bits per heavy atom. The van der Waals surface area contributed by atoms with Crippen LogP contribution in [0.4, 0.5) is 0 Å². The van der Waals surface area contributed by atoms with E-state index >= 15 is 0 Å². The molecular weight excluding hydrogens is 216 g/mol. The van der Waals surface area contributed by atoms with E-state index in [1.165, 1.54) is 0 Å². The van der Waals surface area contributed by atoms with Gasteiger partial charge in [-0.25, -0.2) is 0 Å². The number of aliphatic hydroxyl groups is 1. The minimum absolute atomic E-state index is 0.224. The largest absolute Gasteiger partial charge is 0.507 e. The normalized spacial score (nSPS) is 12.6. The Labute approximate surface area is 100 Å². The molecule has 0 saturated heterocycles. The van der Waals surface area contributed by atoms with Crippen LogP contribution >= 0.6 is 0 Å². The van der Waals surface area contributed by atoms with Crippen molar-refractivity contribution in [2.75, 3.05) is 7.11 Å². The molecule has 0 saturated carbocycles. The first-order valence-corrected chi connectivity index (χ1v) is 5.59. The maximum absolute atomic E-state index is 10.2. The maximum Gasteiger partial charge on any atom is 0.126 e. The van der Waals surface area contributed by atoms with E-state index in [-0.39, 0.29) is 5.75 Å². The first-order valence-electron chi connectivity index (χ1n) is 5.59. The standard InChI is InChI=1S/C14H16O3/c1-9(15)8-10-6-7-11-12(14(10)16)4-3-5-13(11)17-2/h3-7,9,15-16H,8H2,1-2H3/t9-/m1/s1. The lowest BCUT2D eigenvalue weighted by Gasteiger charge is -2.11. The Morgan fingerprint density at radius 3 is 2.59 bits per heavy atom. The Morgan fingerprint density at radius 1 is 1.18 bits per heavy atom. The second-order valence-corrected chi connectivity index (χ2v) is 4.18. The monoisotopic (exact) mass is 232 g/mol. The summed E-state index contributed by atoms with van der Waals surface area (Å²) in [5.41, 5.74) is 0.751. The highest BCUT2D eigenvalue weighted by Gasteiger charge is 2.10. The smallest absolute Gasteiger partial charge is 0.126 e. The number of hydrogen-bond acceptors (Lipinski definition) is 3. The number of ether oxygens (including phenoxy) is 1. The highest BCUT2D eigenvalue weighted by molar-refractivity contribution is 5.93. The fourth-order valence-electron chi connectivity index (χ4n) is 2.02. The van der Waals surface area contributed by atoms with Crippen LogP contribution in [0.2, 0.25) is 0 Å². The van der Waals surface area contributed by atoms with Crippen LogP contribution in [0.3, 0.4) is 0 Å². The third kappa shape index (κ3) is 2.19. The molecular formula is C14H16O3. The van der Waals surface area contributed by atoms with Gasteiger partial charge >= 0.3 is 0 Å². The molecule has 0 aliphatic rings. The maximum atomic E-state index is 10.2. The molecule has 0 aliphatic carbocycles. The molecule has 0 aromatic heterocycles. The van der Waals surface area contributed by atoms with Gasteiger partial charge in [-0.3, -0.25) is 0 Å². The number of aliphatic hydroxyl groups excluding tert-OH is 1. The molecule has 3 heteroatoms. The number of phenolic OH excluding ortho intramolecular Hbond substituents is 1. The van der Waals surface area contributed by atoms with Crippen molar-refractivity contribution in [1.82, 2.24) is 0 Å². The highest BCUT2D eigenvalue weighted by atomic mass is 16.5. The van der Waals surface area contributed by atoms with Crippen molar-refractivity contribution < 1.29 is 14.9 Å². The number of benzene rings is 2. The van der Waals surface area contributed by atoms with Gasteiger partial charge in [0, 0.05) is 17.2 Å². The summed E-state index contributed by atoms with van der Waals surface area (Å²) < 4.78 is 5.24. The van der Waals surface area contributed by atoms with Crippen molar-refractivity contribution in [2.24, 2.45) is 0 Å². The first-order chi connectivity index (χ1) is 8.13. The molecule has 90 valence electrons. The van der Waals surface area contributed by atoms with Gasteiger partial charge in [-0.2, -0.15) is 0 Å². The number of fused-ring (bicyclic) bond motifs is 1. The second kappa shape index (κ2) is 4.63. The lowest BCUT2D eigenvalue weighted by molar-refractivity contribution is 0.194. The molecule has 2 aromatic rings. The number of phenols is 1. The molecule has 0 fully saturated rings. The fourth-order valence-corrected chi connectivity index (χ4v) is 2.02. The molecule has 0 unspecified atom stereocenters. The van der Waals surface area contributed by atoms with Crippen molar-refractivity contribution in [3.63, 3.8) is 0 Å². The Balaban J connectivity index is 2.60. The van der Waals surface area contributed by atoms with E-state index in [4.69, 9.17) is 4.74 Å². The molecule has 0 bridgehead atoms. The number of methoxy groups -OCH3 is 1. The van der Waals surface area contributed by atoms with Gasteiger partial charge in [-0.15, -0.1) is 0 Å². The van der Waals surface area contributed by atoms with Gasteiger partial charge in [0.1, 0.15) is 11.5 Å². The lowest BCUT2D eigenvalue weighted by atomic mass is 10.0. The SMILES string of the molecule is COc1cccc2c(O)c(C[C@@H](C)O)ccc12. The van der Waals surface area contributed by atoms with E-state index in [1.54, 1.807) is 14.0 Å². The molecule has 1 atom stereocenters. The minimum Gasteiger partial charge on any atom is -0.507 e. The van der Waals surface area contributed by atoms with Gasteiger partial charge in [0.05, 0.1) is 13.2 Å². The van der Waals surface area contributed by atoms with Crippen LogP contribution in [-0.4, -0.2) is 23.4 Å². The van der Waals surface area contributed by atoms with E-state index in [0.29, 0.717) is 6.42 Å². The average Bonchev–Trinajstić information content (AvgIpc) is 2.31. The number of aromatic hydroxyl groups is 1. The summed E-state index contributed by atoms with van der Waals surface area (Å²) in [6.07, 6.45) is -0.0251. The highest BCUT2D eigenvalue weighted by Crippen LogP contribution is 2.34. The van der Waals surface area contributed by atoms with Gasteiger partial charge < -0.3 is 14.9 Å². The first kappa shape index (κ1) is 11.7. The summed E-state index contributed by atoms with van der Waals surface area (Å²) in [5, 5.41) is 21.1. The zero-order valence-electron chi connectivity index (χ0n) is 9.97. The molecule has 2 aromatic carbocycles. The van der Waals surface area contributed by atoms with Gasteiger partial charge in [-0.1, -0.05) is 24.3 Å². The van der Waals surface area contributed by atoms with E-state index in [1.807, 2.05) is 30.3 Å². The van der Waals surface area contributed by atoms with Crippen LogP contribution in [0, 0.1) is 0 Å². The summed E-state index contributed by atoms with van der Waals surface area (Å²) in [6, 6.07) is 9.28. The topological polar surface area (TPSA) is 49.7 Å². The van der Waals surface area contributed by atoms with Crippen LogP contribution in [-0.2, 0) is 6.42 Å². The summed E-state index contributed by atoms with van der Waals surface area (Å²) in [6.45, 7) is 1.70. The third-order valence-corrected chi connectivity index (χ3v) is 2.81. The molecule has 0 aliphatic heterocycles. The fraction of sp³-hybridized carbons (Fsp3) is 0.286. The minimum atomic E-state index is -0.469. The van der Waals surface area contributed by atoms with Gasteiger partial charge in [0.2, 0.25) is 0 Å². The molecule has 0 radical (unpaired) electrons. The molecule has 3 nitrogen and oxygen atoms in total. The molecule has 0 amide bonds. The lowest BCUT2D eigenvalue weighted by Crippen LogP contribution is -2.04. The van der Waals surface area contributed by atoms with Crippen LogP contribution in [0.25, 0.3) is 10.8 Å². The molecule has 2 rings (SSSR count). The van der Waals surface area contributed by atoms with Gasteiger partial charge in [0.15, 0.2) is 0 Å². The zero-order valence-corrected chi connectivity index (χ0v) is 9.97. The average molecular weight is 232 g/mol. The molecule has 0 heterocycles. The van der Waals surface area contributed by atoms with E-state index in [9.17, 15) is 10.2 Å². The van der Waals surface area contributed by atoms with Crippen molar-refractivity contribution in [2.45, 2.75) is 19.4 Å². The van der Waals surface area contributed by atoms with Crippen molar-refractivity contribution >= 4 is 10.8 Å². The zero-order chi connectivity index (χ0) is 12.4. The second-order valence-electron chi connectivity index (χ2n) is 4.18. The van der Waals surface area contributed by atoms with Crippen molar-refractivity contribution in [3.8, 4) is 11.5 Å². The summed E-state index contributed by atoms with van der Waals surface area (Å²) in [5.74, 6) is 0.962. The quantitative estimate of drug-likeness (QED) is 0.854. The van der Waals surface area contributed by atoms with Gasteiger partial charge in [-0.05, 0) is 18.6 Å². The summed E-state index contributed by atoms with van der Waals surface area (Å²) in [7, 11) is 1.61. The summed E-state index contributed by atoms with van der Waals surface area (Å²) in [4.78, 5) is 0. The number of rotatable bonds is 3. The van der Waals surface area contributed by atoms with Gasteiger partial charge in [0.25, 0.3) is 0 Å². The van der Waals surface area contributed by atoms with E-state index < -0.39 is 6.10 Å². The van der Waals surface area contributed by atoms with Crippen molar-refractivity contribution in [1.29, 1.82) is 0 Å². The third-order valence-electron chi connectivity index (χ3n) is 2.81. The Kier molecular flexibility index (Phi) is 3.20. The predicted octanol–water partition coefficient (Wildman–Crippen LogP) is 2.48.